The highest BCUT2D eigenvalue weighted by molar-refractivity contribution is 7.85. The topological polar surface area (TPSA) is 122 Å². The highest BCUT2D eigenvalue weighted by atomic mass is 32.2. The first kappa shape index (κ1) is 21.1. The predicted octanol–water partition coefficient (Wildman–Crippen LogP) is 1.77. The first-order valence-corrected chi connectivity index (χ1v) is 12.2. The van der Waals surface area contributed by atoms with Crippen molar-refractivity contribution in [3.8, 4) is 5.88 Å². The fraction of sp³-hybridized carbons (Fsp3) is 0.550. The standard InChI is InChI=1S/C20H23FN4O6S/c1-10-17-15-4-3-12(25(15)20(26)27)9-24(17)18-16-13(14(21)8-22-19(16)31-10)7-11(23-18)5-6-30-32(2,28)29/h7-8,10,12,15,17H,3-6,9H2,1-2H3,(H,26,27). The summed E-state index contributed by atoms with van der Waals surface area (Å²) >= 11 is 0. The van der Waals surface area contributed by atoms with Gasteiger partial charge in [0, 0.05) is 24.0 Å². The van der Waals surface area contributed by atoms with Gasteiger partial charge in [-0.2, -0.15) is 8.42 Å². The first-order chi connectivity index (χ1) is 15.1. The molecule has 32 heavy (non-hydrogen) atoms. The van der Waals surface area contributed by atoms with Crippen LogP contribution < -0.4 is 9.64 Å². The molecule has 4 atom stereocenters. The molecule has 4 unspecified atom stereocenters. The third kappa shape index (κ3) is 3.41. The van der Waals surface area contributed by atoms with Crippen LogP contribution in [0.5, 0.6) is 5.88 Å². The molecule has 0 spiro atoms. The van der Waals surface area contributed by atoms with E-state index in [2.05, 4.69) is 4.98 Å². The van der Waals surface area contributed by atoms with Gasteiger partial charge in [0.25, 0.3) is 10.1 Å². The lowest BCUT2D eigenvalue weighted by Crippen LogP contribution is -2.64. The van der Waals surface area contributed by atoms with Crippen LogP contribution in [0.15, 0.2) is 12.3 Å². The number of rotatable bonds is 4. The Morgan fingerprint density at radius 3 is 2.91 bits per heavy atom. The van der Waals surface area contributed by atoms with E-state index in [1.165, 1.54) is 4.90 Å². The number of amides is 1. The van der Waals surface area contributed by atoms with E-state index in [-0.39, 0.29) is 42.4 Å². The van der Waals surface area contributed by atoms with Crippen LogP contribution in [0.3, 0.4) is 0 Å². The van der Waals surface area contributed by atoms with Gasteiger partial charge in [0.05, 0.1) is 42.6 Å². The highest BCUT2D eigenvalue weighted by Gasteiger charge is 2.52. The number of pyridine rings is 2. The van der Waals surface area contributed by atoms with E-state index in [0.717, 1.165) is 18.9 Å². The summed E-state index contributed by atoms with van der Waals surface area (Å²) in [5, 5.41) is 10.5. The molecule has 3 aliphatic heterocycles. The second-order valence-corrected chi connectivity index (χ2v) is 10.1. The zero-order chi connectivity index (χ0) is 22.8. The first-order valence-electron chi connectivity index (χ1n) is 10.4. The van der Waals surface area contributed by atoms with E-state index in [1.54, 1.807) is 6.07 Å². The molecule has 5 heterocycles. The Bertz CT molecular complexity index is 1210. The molecule has 5 rings (SSSR count). The van der Waals surface area contributed by atoms with E-state index >= 15 is 0 Å². The molecule has 172 valence electrons. The highest BCUT2D eigenvalue weighted by Crippen LogP contribution is 2.44. The monoisotopic (exact) mass is 466 g/mol. The van der Waals surface area contributed by atoms with Gasteiger partial charge < -0.3 is 14.7 Å². The Labute approximate surface area is 184 Å². The van der Waals surface area contributed by atoms with Gasteiger partial charge in [-0.3, -0.25) is 9.08 Å². The molecule has 0 aliphatic carbocycles. The van der Waals surface area contributed by atoms with E-state index < -0.39 is 28.1 Å². The van der Waals surface area contributed by atoms with Gasteiger partial charge in [-0.05, 0) is 25.8 Å². The van der Waals surface area contributed by atoms with Gasteiger partial charge in [-0.1, -0.05) is 0 Å². The Morgan fingerprint density at radius 1 is 1.41 bits per heavy atom. The van der Waals surface area contributed by atoms with Gasteiger partial charge in [0.1, 0.15) is 17.7 Å². The number of hydrogen-bond acceptors (Lipinski definition) is 8. The van der Waals surface area contributed by atoms with E-state index in [4.69, 9.17) is 13.9 Å². The van der Waals surface area contributed by atoms with Gasteiger partial charge in [0.15, 0.2) is 0 Å². The van der Waals surface area contributed by atoms with Crippen LogP contribution in [0.2, 0.25) is 0 Å². The Kier molecular flexibility index (Phi) is 4.89. The summed E-state index contributed by atoms with van der Waals surface area (Å²) in [5.41, 5.74) is 0.466. The van der Waals surface area contributed by atoms with Gasteiger partial charge >= 0.3 is 6.09 Å². The third-order valence-corrected chi connectivity index (χ3v) is 7.05. The summed E-state index contributed by atoms with van der Waals surface area (Å²) in [7, 11) is -3.61. The maximum atomic E-state index is 14.8. The lowest BCUT2D eigenvalue weighted by Gasteiger charge is -2.47. The SMILES string of the molecule is CC1Oc2ncc(F)c3cc(CCOS(C)(=O)=O)nc(c23)N2CC3CCC(C12)N3C(=O)O. The molecule has 1 N–H and O–H groups in total. The zero-order valence-electron chi connectivity index (χ0n) is 17.6. The van der Waals surface area contributed by atoms with Crippen LogP contribution in [-0.2, 0) is 20.7 Å². The Morgan fingerprint density at radius 2 is 2.19 bits per heavy atom. The number of carboxylic acid groups (broad SMARTS) is 1. The van der Waals surface area contributed by atoms with E-state index in [9.17, 15) is 22.7 Å². The van der Waals surface area contributed by atoms with Crippen LogP contribution in [0.4, 0.5) is 15.0 Å². The van der Waals surface area contributed by atoms with Crippen LogP contribution in [0, 0.1) is 5.82 Å². The van der Waals surface area contributed by atoms with Crippen LogP contribution in [0.1, 0.15) is 25.5 Å². The van der Waals surface area contributed by atoms with E-state index in [0.29, 0.717) is 29.9 Å². The summed E-state index contributed by atoms with van der Waals surface area (Å²) in [5.74, 6) is 0.192. The maximum absolute atomic E-state index is 14.8. The van der Waals surface area contributed by atoms with Crippen molar-refractivity contribution in [2.24, 2.45) is 0 Å². The summed E-state index contributed by atoms with van der Waals surface area (Å²) in [6.45, 7) is 2.15. The van der Waals surface area contributed by atoms with Gasteiger partial charge in [0.2, 0.25) is 5.88 Å². The van der Waals surface area contributed by atoms with Crippen molar-refractivity contribution in [3.63, 3.8) is 0 Å². The van der Waals surface area contributed by atoms with Crippen molar-refractivity contribution in [2.45, 2.75) is 50.4 Å². The number of aromatic nitrogens is 2. The number of fused-ring (bicyclic) bond motifs is 5. The lowest BCUT2D eigenvalue weighted by atomic mass is 9.98. The average Bonchev–Trinajstić information content (AvgIpc) is 2.96. The summed E-state index contributed by atoms with van der Waals surface area (Å²) < 4.78 is 48.4. The quantitative estimate of drug-likeness (QED) is 0.672. The smallest absolute Gasteiger partial charge is 0.407 e. The van der Waals surface area contributed by atoms with Crippen molar-refractivity contribution in [1.82, 2.24) is 14.9 Å². The van der Waals surface area contributed by atoms with Crippen LogP contribution >= 0.6 is 0 Å². The minimum Gasteiger partial charge on any atom is -0.472 e. The number of piperazine rings is 1. The molecule has 2 aromatic rings. The number of carbonyl (C=O) groups is 1. The van der Waals surface area contributed by atoms with Crippen molar-refractivity contribution in [2.75, 3.05) is 24.3 Å². The van der Waals surface area contributed by atoms with Gasteiger partial charge in [-0.25, -0.2) is 19.2 Å². The number of anilines is 1. The predicted molar refractivity (Wildman–Crippen MR) is 112 cm³/mol. The van der Waals surface area contributed by atoms with Crippen LogP contribution in [0.25, 0.3) is 10.8 Å². The second-order valence-electron chi connectivity index (χ2n) is 8.50. The fourth-order valence-electron chi connectivity index (χ4n) is 5.28. The largest absolute Gasteiger partial charge is 0.472 e. The van der Waals surface area contributed by atoms with Crippen molar-refractivity contribution < 1.29 is 31.6 Å². The molecular weight excluding hydrogens is 443 g/mol. The minimum atomic E-state index is -3.61. The Hall–Kier alpha value is -2.73. The average molecular weight is 466 g/mol. The molecule has 12 heteroatoms. The summed E-state index contributed by atoms with van der Waals surface area (Å²) in [6, 6.07) is 0.759. The number of ether oxygens (including phenoxy) is 1. The lowest BCUT2D eigenvalue weighted by molar-refractivity contribution is 0.0707. The molecule has 10 nitrogen and oxygen atoms in total. The molecular formula is C20H23FN4O6S. The number of halogens is 1. The third-order valence-electron chi connectivity index (χ3n) is 6.45. The molecule has 2 bridgehead atoms. The van der Waals surface area contributed by atoms with Crippen molar-refractivity contribution in [1.29, 1.82) is 0 Å². The fourth-order valence-corrected chi connectivity index (χ4v) is 5.66. The number of hydrogen-bond donors (Lipinski definition) is 1. The molecule has 2 saturated heterocycles. The molecule has 2 aromatic heterocycles. The molecule has 2 fully saturated rings. The van der Waals surface area contributed by atoms with Crippen LogP contribution in [-0.4, -0.2) is 78.1 Å². The molecule has 0 saturated carbocycles. The van der Waals surface area contributed by atoms with Crippen molar-refractivity contribution >= 4 is 32.8 Å². The second kappa shape index (κ2) is 7.41. The molecule has 3 aliphatic rings. The Balaban J connectivity index is 1.62. The minimum absolute atomic E-state index is 0.120. The normalized spacial score (nSPS) is 26.6. The van der Waals surface area contributed by atoms with Crippen molar-refractivity contribution in [3.05, 3.63) is 23.8 Å². The molecule has 1 amide bonds. The molecule has 0 radical (unpaired) electrons. The molecule has 0 aromatic carbocycles. The summed E-state index contributed by atoms with van der Waals surface area (Å²) in [6.07, 6.45) is 2.28. The maximum Gasteiger partial charge on any atom is 0.407 e. The van der Waals surface area contributed by atoms with E-state index in [1.807, 2.05) is 11.8 Å². The van der Waals surface area contributed by atoms with Gasteiger partial charge in [-0.15, -0.1) is 0 Å². The number of nitrogens with zero attached hydrogens (tertiary/aromatic N) is 4. The zero-order valence-corrected chi connectivity index (χ0v) is 18.4. The summed E-state index contributed by atoms with van der Waals surface area (Å²) in [4.78, 5) is 24.3.